The maximum Gasteiger partial charge on any atom is 0.274 e. The number of aromatic nitrogens is 2. The first-order valence-electron chi connectivity index (χ1n) is 8.53. The van der Waals surface area contributed by atoms with Crippen molar-refractivity contribution in [2.45, 2.75) is 58.4 Å². The van der Waals surface area contributed by atoms with E-state index < -0.39 is 0 Å². The Balaban J connectivity index is 2.04. The molecule has 22 heavy (non-hydrogen) atoms. The highest BCUT2D eigenvalue weighted by Gasteiger charge is 2.23. The number of carbonyl (C=O) groups is 1. The maximum absolute atomic E-state index is 12.3. The largest absolute Gasteiger partial charge is 0.352 e. The minimum atomic E-state index is -0.0433. The van der Waals surface area contributed by atoms with Gasteiger partial charge < -0.3 is 9.80 Å². The number of carbonyl (C=O) groups excluding carboxylic acids is 1. The third kappa shape index (κ3) is 3.96. The molecule has 1 amide bonds. The lowest BCUT2D eigenvalue weighted by atomic mass is 10.0. The fourth-order valence-corrected chi connectivity index (χ4v) is 3.01. The molecule has 122 valence electrons. The van der Waals surface area contributed by atoms with Crippen molar-refractivity contribution >= 4 is 11.7 Å². The number of amides is 1. The van der Waals surface area contributed by atoms with Crippen molar-refractivity contribution < 1.29 is 4.79 Å². The lowest BCUT2D eigenvalue weighted by Gasteiger charge is -2.35. The molecule has 0 radical (unpaired) electrons. The first kappa shape index (κ1) is 16.7. The van der Waals surface area contributed by atoms with Crippen LogP contribution in [0, 0.1) is 0 Å². The lowest BCUT2D eigenvalue weighted by molar-refractivity contribution is 0.0786. The van der Waals surface area contributed by atoms with Crippen molar-refractivity contribution in [1.29, 1.82) is 0 Å². The molecule has 0 saturated carbocycles. The molecule has 1 aliphatic heterocycles. The van der Waals surface area contributed by atoms with Crippen LogP contribution in [0.3, 0.4) is 0 Å². The molecule has 1 aliphatic rings. The Kier molecular flexibility index (Phi) is 6.16. The Morgan fingerprint density at radius 2 is 2.14 bits per heavy atom. The summed E-state index contributed by atoms with van der Waals surface area (Å²) < 4.78 is 0. The minimum absolute atomic E-state index is 0.0433. The van der Waals surface area contributed by atoms with Crippen molar-refractivity contribution in [2.24, 2.45) is 0 Å². The zero-order valence-corrected chi connectivity index (χ0v) is 14.1. The molecule has 2 rings (SSSR count). The summed E-state index contributed by atoms with van der Waals surface area (Å²) in [6.45, 7) is 6.15. The Morgan fingerprint density at radius 1 is 1.32 bits per heavy atom. The average Bonchev–Trinajstić information content (AvgIpc) is 2.59. The third-order valence-electron chi connectivity index (χ3n) is 4.46. The summed E-state index contributed by atoms with van der Waals surface area (Å²) in [5.74, 6) is 0.859. The van der Waals surface area contributed by atoms with Crippen LogP contribution in [0.1, 0.15) is 62.9 Å². The van der Waals surface area contributed by atoms with E-state index in [4.69, 9.17) is 0 Å². The Labute approximate surface area is 133 Å². The van der Waals surface area contributed by atoms with Gasteiger partial charge in [0.1, 0.15) is 0 Å². The van der Waals surface area contributed by atoms with Crippen molar-refractivity contribution in [2.75, 3.05) is 25.0 Å². The molecule has 0 N–H and O–H groups in total. The van der Waals surface area contributed by atoms with E-state index in [0.717, 1.165) is 38.2 Å². The van der Waals surface area contributed by atoms with Gasteiger partial charge in [0, 0.05) is 26.2 Å². The van der Waals surface area contributed by atoms with Gasteiger partial charge >= 0.3 is 0 Å². The van der Waals surface area contributed by atoms with Gasteiger partial charge in [-0.15, -0.1) is 10.2 Å². The predicted octanol–water partition coefficient (Wildman–Crippen LogP) is 3.12. The van der Waals surface area contributed by atoms with Crippen LogP contribution in [0.2, 0.25) is 0 Å². The van der Waals surface area contributed by atoms with E-state index >= 15 is 0 Å². The second kappa shape index (κ2) is 8.11. The monoisotopic (exact) mass is 304 g/mol. The zero-order valence-electron chi connectivity index (χ0n) is 14.1. The molecule has 1 saturated heterocycles. The number of piperidine rings is 1. The molecular formula is C17H28N4O. The van der Waals surface area contributed by atoms with E-state index in [2.05, 4.69) is 28.9 Å². The highest BCUT2D eigenvalue weighted by atomic mass is 16.2. The van der Waals surface area contributed by atoms with Crippen molar-refractivity contribution in [3.05, 3.63) is 17.8 Å². The SMILES string of the molecule is CCCCN(C)C(=O)c1ccc(N2CCCCC2CC)nn1. The summed E-state index contributed by atoms with van der Waals surface area (Å²) in [6, 6.07) is 4.31. The third-order valence-corrected chi connectivity index (χ3v) is 4.46. The number of anilines is 1. The molecule has 0 bridgehead atoms. The van der Waals surface area contributed by atoms with Crippen LogP contribution in [-0.2, 0) is 0 Å². The fraction of sp³-hybridized carbons (Fsp3) is 0.706. The van der Waals surface area contributed by atoms with E-state index in [1.54, 1.807) is 4.90 Å². The molecule has 1 atom stereocenters. The lowest BCUT2D eigenvalue weighted by Crippen LogP contribution is -2.39. The highest BCUT2D eigenvalue weighted by Crippen LogP contribution is 2.24. The quantitative estimate of drug-likeness (QED) is 0.810. The Hall–Kier alpha value is -1.65. The second-order valence-electron chi connectivity index (χ2n) is 6.11. The molecule has 1 aromatic rings. The van der Waals surface area contributed by atoms with E-state index in [1.807, 2.05) is 19.2 Å². The van der Waals surface area contributed by atoms with Crippen LogP contribution in [0.5, 0.6) is 0 Å². The van der Waals surface area contributed by atoms with Gasteiger partial charge in [0.25, 0.3) is 5.91 Å². The summed E-state index contributed by atoms with van der Waals surface area (Å²) in [7, 11) is 1.82. The second-order valence-corrected chi connectivity index (χ2v) is 6.11. The van der Waals surface area contributed by atoms with Gasteiger partial charge in [-0.2, -0.15) is 0 Å². The molecule has 0 aliphatic carbocycles. The molecule has 1 fully saturated rings. The van der Waals surface area contributed by atoms with Crippen LogP contribution in [0.4, 0.5) is 5.82 Å². The van der Waals surface area contributed by atoms with Gasteiger partial charge in [0.05, 0.1) is 0 Å². The van der Waals surface area contributed by atoms with Gasteiger partial charge in [0.2, 0.25) is 0 Å². The number of hydrogen-bond donors (Lipinski definition) is 0. The minimum Gasteiger partial charge on any atom is -0.352 e. The molecule has 1 aromatic heterocycles. The van der Waals surface area contributed by atoms with E-state index in [0.29, 0.717) is 11.7 Å². The summed E-state index contributed by atoms with van der Waals surface area (Å²) in [5.41, 5.74) is 0.437. The van der Waals surface area contributed by atoms with E-state index in [-0.39, 0.29) is 5.91 Å². The molecule has 0 aromatic carbocycles. The summed E-state index contributed by atoms with van der Waals surface area (Å²) in [6.07, 6.45) is 6.94. The number of rotatable bonds is 6. The van der Waals surface area contributed by atoms with Crippen LogP contribution in [0.15, 0.2) is 12.1 Å². The molecular weight excluding hydrogens is 276 g/mol. The van der Waals surface area contributed by atoms with Crippen molar-refractivity contribution in [3.8, 4) is 0 Å². The molecule has 5 nitrogen and oxygen atoms in total. The van der Waals surface area contributed by atoms with Gasteiger partial charge in [0.15, 0.2) is 11.5 Å². The normalized spacial score (nSPS) is 18.3. The van der Waals surface area contributed by atoms with Crippen LogP contribution < -0.4 is 4.90 Å². The van der Waals surface area contributed by atoms with E-state index in [9.17, 15) is 4.79 Å². The summed E-state index contributed by atoms with van der Waals surface area (Å²) in [4.78, 5) is 16.3. The topological polar surface area (TPSA) is 49.3 Å². The van der Waals surface area contributed by atoms with Gasteiger partial charge in [-0.1, -0.05) is 20.3 Å². The van der Waals surface area contributed by atoms with Crippen LogP contribution in [0.25, 0.3) is 0 Å². The zero-order chi connectivity index (χ0) is 15.9. The molecule has 2 heterocycles. The van der Waals surface area contributed by atoms with Crippen molar-refractivity contribution in [1.82, 2.24) is 15.1 Å². The molecule has 5 heteroatoms. The summed E-state index contributed by atoms with van der Waals surface area (Å²) in [5, 5.41) is 8.48. The predicted molar refractivity (Wildman–Crippen MR) is 89.2 cm³/mol. The first-order chi connectivity index (χ1) is 10.7. The standard InChI is InChI=1S/C17H28N4O/c1-4-6-12-20(3)17(22)15-10-11-16(19-18-15)21-13-8-7-9-14(21)5-2/h10-11,14H,4-9,12-13H2,1-3H3. The van der Waals surface area contributed by atoms with Crippen LogP contribution in [-0.4, -0.2) is 47.2 Å². The maximum atomic E-state index is 12.3. The van der Waals surface area contributed by atoms with Gasteiger partial charge in [-0.25, -0.2) is 0 Å². The molecule has 1 unspecified atom stereocenters. The molecule has 0 spiro atoms. The fourth-order valence-electron chi connectivity index (χ4n) is 3.01. The number of hydrogen-bond acceptors (Lipinski definition) is 4. The average molecular weight is 304 g/mol. The Bertz CT molecular complexity index is 474. The smallest absolute Gasteiger partial charge is 0.274 e. The Morgan fingerprint density at radius 3 is 2.77 bits per heavy atom. The van der Waals surface area contributed by atoms with E-state index in [1.165, 1.54) is 19.3 Å². The van der Waals surface area contributed by atoms with Crippen molar-refractivity contribution in [3.63, 3.8) is 0 Å². The number of unbranched alkanes of at least 4 members (excludes halogenated alkanes) is 1. The van der Waals surface area contributed by atoms with Gasteiger partial charge in [-0.3, -0.25) is 4.79 Å². The van der Waals surface area contributed by atoms with Gasteiger partial charge in [-0.05, 0) is 44.2 Å². The number of nitrogens with zero attached hydrogens (tertiary/aromatic N) is 4. The summed E-state index contributed by atoms with van der Waals surface area (Å²) >= 11 is 0. The van der Waals surface area contributed by atoms with Crippen LogP contribution >= 0.6 is 0 Å². The highest BCUT2D eigenvalue weighted by molar-refractivity contribution is 5.92. The first-order valence-corrected chi connectivity index (χ1v) is 8.53.